The molecule has 0 aliphatic carbocycles. The molecule has 0 spiro atoms. The summed E-state index contributed by atoms with van der Waals surface area (Å²) in [6.07, 6.45) is 1.56. The molecule has 0 amide bonds. The molecule has 1 aliphatic rings. The summed E-state index contributed by atoms with van der Waals surface area (Å²) in [7, 11) is 0. The SMILES string of the molecule is CC1=NC(n2cnc(C)n2)=N[N]1. The van der Waals surface area contributed by atoms with Gasteiger partial charge in [0.05, 0.1) is 0 Å². The minimum absolute atomic E-state index is 0.466. The normalized spacial score (nSPS) is 15.5. The van der Waals surface area contributed by atoms with Gasteiger partial charge in [-0.05, 0) is 13.8 Å². The maximum Gasteiger partial charge on any atom is 0.273 e. The van der Waals surface area contributed by atoms with Crippen LogP contribution in [0.2, 0.25) is 0 Å². The standard InChI is InChI=1S/C6H7N6/c1-4-7-3-12(11-4)6-8-5(2)9-10-6/h3H,1-2H3. The molecule has 0 fully saturated rings. The lowest BCUT2D eigenvalue weighted by atomic mass is 10.7. The van der Waals surface area contributed by atoms with Gasteiger partial charge >= 0.3 is 0 Å². The van der Waals surface area contributed by atoms with Crippen LogP contribution in [0.3, 0.4) is 0 Å². The Kier molecular flexibility index (Phi) is 1.39. The Balaban J connectivity index is 2.33. The highest BCUT2D eigenvalue weighted by molar-refractivity contribution is 5.99. The highest BCUT2D eigenvalue weighted by atomic mass is 15.5. The van der Waals surface area contributed by atoms with Gasteiger partial charge in [-0.3, -0.25) is 0 Å². The molecular weight excluding hydrogens is 156 g/mol. The van der Waals surface area contributed by atoms with E-state index in [4.69, 9.17) is 0 Å². The third-order valence-electron chi connectivity index (χ3n) is 1.36. The van der Waals surface area contributed by atoms with Crippen LogP contribution >= 0.6 is 0 Å². The fourth-order valence-corrected chi connectivity index (χ4v) is 0.846. The number of amidine groups is 1. The summed E-state index contributed by atoms with van der Waals surface area (Å²) in [6, 6.07) is 0. The lowest BCUT2D eigenvalue weighted by Gasteiger charge is -1.89. The molecule has 0 bridgehead atoms. The molecule has 6 nitrogen and oxygen atoms in total. The van der Waals surface area contributed by atoms with Crippen molar-refractivity contribution < 1.29 is 0 Å². The van der Waals surface area contributed by atoms with E-state index in [1.54, 1.807) is 20.2 Å². The van der Waals surface area contributed by atoms with Crippen molar-refractivity contribution in [3.63, 3.8) is 0 Å². The lowest BCUT2D eigenvalue weighted by molar-refractivity contribution is 0.887. The van der Waals surface area contributed by atoms with Crippen LogP contribution in [0.4, 0.5) is 0 Å². The van der Waals surface area contributed by atoms with Gasteiger partial charge in [-0.2, -0.15) is 9.67 Å². The van der Waals surface area contributed by atoms with Crippen LogP contribution in [0, 0.1) is 6.92 Å². The lowest BCUT2D eigenvalue weighted by Crippen LogP contribution is -2.07. The second-order valence-electron chi connectivity index (χ2n) is 2.40. The van der Waals surface area contributed by atoms with Gasteiger partial charge in [-0.1, -0.05) is 0 Å². The largest absolute Gasteiger partial charge is 0.273 e. The molecule has 12 heavy (non-hydrogen) atoms. The van der Waals surface area contributed by atoms with Crippen LogP contribution < -0.4 is 5.43 Å². The van der Waals surface area contributed by atoms with E-state index in [2.05, 4.69) is 25.6 Å². The Morgan fingerprint density at radius 1 is 1.33 bits per heavy atom. The molecule has 1 radical (unpaired) electrons. The van der Waals surface area contributed by atoms with Gasteiger partial charge in [0, 0.05) is 0 Å². The first kappa shape index (κ1) is 6.96. The van der Waals surface area contributed by atoms with Crippen molar-refractivity contribution in [2.75, 3.05) is 0 Å². The molecule has 61 valence electrons. The molecule has 0 saturated heterocycles. The molecule has 1 aromatic heterocycles. The smallest absolute Gasteiger partial charge is 0.220 e. The van der Waals surface area contributed by atoms with E-state index < -0.39 is 0 Å². The average Bonchev–Trinajstić information content (AvgIpc) is 2.58. The zero-order valence-corrected chi connectivity index (χ0v) is 6.76. The Labute approximate surface area is 69.0 Å². The molecule has 0 saturated carbocycles. The molecule has 0 unspecified atom stereocenters. The summed E-state index contributed by atoms with van der Waals surface area (Å²) in [6.45, 7) is 3.58. The molecule has 1 aromatic rings. The third-order valence-corrected chi connectivity index (χ3v) is 1.36. The van der Waals surface area contributed by atoms with E-state index in [0.29, 0.717) is 17.6 Å². The molecule has 2 rings (SSSR count). The summed E-state index contributed by atoms with van der Waals surface area (Å²) in [5.74, 6) is 1.80. The van der Waals surface area contributed by atoms with E-state index in [0.717, 1.165) is 0 Å². The highest BCUT2D eigenvalue weighted by Crippen LogP contribution is 1.95. The highest BCUT2D eigenvalue weighted by Gasteiger charge is 2.10. The Bertz CT molecular complexity index is 360. The van der Waals surface area contributed by atoms with Crippen LogP contribution in [-0.2, 0) is 0 Å². The van der Waals surface area contributed by atoms with Crippen LogP contribution in [0.15, 0.2) is 16.4 Å². The van der Waals surface area contributed by atoms with Gasteiger partial charge in [-0.25, -0.2) is 4.98 Å². The van der Waals surface area contributed by atoms with Gasteiger partial charge in [0.25, 0.3) is 5.96 Å². The average molecular weight is 163 g/mol. The van der Waals surface area contributed by atoms with Crippen molar-refractivity contribution in [2.45, 2.75) is 13.8 Å². The Morgan fingerprint density at radius 3 is 2.67 bits per heavy atom. The van der Waals surface area contributed by atoms with Gasteiger partial charge in [0.15, 0.2) is 5.84 Å². The van der Waals surface area contributed by atoms with Crippen molar-refractivity contribution in [3.8, 4) is 0 Å². The summed E-state index contributed by atoms with van der Waals surface area (Å²) in [5.41, 5.74) is 3.75. The maximum absolute atomic E-state index is 4.03. The topological polar surface area (TPSA) is 69.5 Å². The molecule has 0 aromatic carbocycles. The van der Waals surface area contributed by atoms with Gasteiger partial charge in [0.1, 0.15) is 12.2 Å². The first-order valence-corrected chi connectivity index (χ1v) is 3.48. The predicted molar refractivity (Wildman–Crippen MR) is 42.8 cm³/mol. The number of aryl methyl sites for hydroxylation is 1. The monoisotopic (exact) mass is 163 g/mol. The van der Waals surface area contributed by atoms with Crippen LogP contribution in [0.5, 0.6) is 0 Å². The van der Waals surface area contributed by atoms with Gasteiger partial charge in [-0.15, -0.1) is 15.6 Å². The quantitative estimate of drug-likeness (QED) is 0.528. The second-order valence-corrected chi connectivity index (χ2v) is 2.40. The van der Waals surface area contributed by atoms with E-state index >= 15 is 0 Å². The zero-order valence-electron chi connectivity index (χ0n) is 6.76. The number of rotatable bonds is 0. The van der Waals surface area contributed by atoms with Crippen molar-refractivity contribution in [3.05, 3.63) is 12.2 Å². The van der Waals surface area contributed by atoms with Crippen molar-refractivity contribution in [1.82, 2.24) is 20.2 Å². The number of aromatic nitrogens is 3. The maximum atomic E-state index is 4.03. The fraction of sp³-hybridized carbons (Fsp3) is 0.333. The van der Waals surface area contributed by atoms with Gasteiger partial charge < -0.3 is 0 Å². The van der Waals surface area contributed by atoms with Crippen molar-refractivity contribution in [1.29, 1.82) is 0 Å². The first-order chi connectivity index (χ1) is 5.75. The summed E-state index contributed by atoms with van der Waals surface area (Å²) in [5, 5.41) is 7.83. The molecule has 6 heteroatoms. The van der Waals surface area contributed by atoms with Crippen LogP contribution in [0.1, 0.15) is 12.7 Å². The molecule has 0 N–H and O–H groups in total. The van der Waals surface area contributed by atoms with Crippen LogP contribution in [-0.4, -0.2) is 26.6 Å². The number of aliphatic imine (C=N–C) groups is 1. The fourth-order valence-electron chi connectivity index (χ4n) is 0.846. The predicted octanol–water partition coefficient (Wildman–Crippen LogP) is -0.258. The molecule has 1 aliphatic heterocycles. The molecule has 0 atom stereocenters. The summed E-state index contributed by atoms with van der Waals surface area (Å²) >= 11 is 0. The second kappa shape index (κ2) is 2.40. The van der Waals surface area contributed by atoms with E-state index in [1.165, 1.54) is 4.68 Å². The van der Waals surface area contributed by atoms with E-state index in [9.17, 15) is 0 Å². The summed E-state index contributed by atoms with van der Waals surface area (Å²) in [4.78, 5) is 7.98. The first-order valence-electron chi connectivity index (χ1n) is 3.48. The molecular formula is C6H7N6. The van der Waals surface area contributed by atoms with Crippen molar-refractivity contribution >= 4 is 11.8 Å². The van der Waals surface area contributed by atoms with E-state index in [1.807, 2.05) is 0 Å². The number of hydrogen-bond donors (Lipinski definition) is 0. The Hall–Kier alpha value is -1.72. The van der Waals surface area contributed by atoms with Gasteiger partial charge in [0.2, 0.25) is 0 Å². The van der Waals surface area contributed by atoms with E-state index in [-0.39, 0.29) is 0 Å². The summed E-state index contributed by atoms with van der Waals surface area (Å²) < 4.78 is 1.50. The minimum atomic E-state index is 0.466. The number of hydrogen-bond acceptors (Lipinski definition) is 4. The third kappa shape index (κ3) is 1.07. The minimum Gasteiger partial charge on any atom is -0.220 e. The molecule has 2 heterocycles. The number of nitrogens with zero attached hydrogens (tertiary/aromatic N) is 6. The van der Waals surface area contributed by atoms with Crippen LogP contribution in [0.25, 0.3) is 0 Å². The zero-order chi connectivity index (χ0) is 8.55. The van der Waals surface area contributed by atoms with Crippen molar-refractivity contribution in [2.24, 2.45) is 10.1 Å². The Morgan fingerprint density at radius 2 is 2.17 bits per heavy atom.